The highest BCUT2D eigenvalue weighted by molar-refractivity contribution is 5.97. The number of carbonyl (C=O) groups excluding carboxylic acids is 2. The molecule has 27 heavy (non-hydrogen) atoms. The molecule has 1 aromatic carbocycles. The van der Waals surface area contributed by atoms with E-state index in [2.05, 4.69) is 24.3 Å². The summed E-state index contributed by atoms with van der Waals surface area (Å²) < 4.78 is 1.79. The molecule has 1 heterocycles. The normalized spacial score (nSPS) is 11.0. The fraction of sp³-hybridized carbons (Fsp3) is 0.364. The van der Waals surface area contributed by atoms with Crippen molar-refractivity contribution in [3.8, 4) is 0 Å². The first-order chi connectivity index (χ1) is 13.1. The largest absolute Gasteiger partial charge is 0.350 e. The number of hydrogen-bond acceptors (Lipinski definition) is 3. The topological polar surface area (TPSA) is 71.3 Å². The summed E-state index contributed by atoms with van der Waals surface area (Å²) in [6.45, 7) is 0. The summed E-state index contributed by atoms with van der Waals surface area (Å²) in [4.78, 5) is 23.4. The van der Waals surface area contributed by atoms with Gasteiger partial charge in [-0.25, -0.2) is 5.48 Å². The molecule has 0 saturated carbocycles. The maximum Gasteiger partial charge on any atom is 0.267 e. The van der Waals surface area contributed by atoms with Gasteiger partial charge >= 0.3 is 0 Å². The number of rotatable bonds is 11. The molecule has 0 radical (unpaired) electrons. The lowest BCUT2D eigenvalue weighted by atomic mass is 10.0. The second-order valence-electron chi connectivity index (χ2n) is 6.75. The number of aryl methyl sites for hydroxylation is 2. The van der Waals surface area contributed by atoms with E-state index in [4.69, 9.17) is 5.21 Å². The number of benzene rings is 1. The van der Waals surface area contributed by atoms with Crippen molar-refractivity contribution in [1.82, 2.24) is 10.0 Å². The molecular weight excluding hydrogens is 340 g/mol. The molecule has 144 valence electrons. The molecule has 5 heteroatoms. The zero-order valence-corrected chi connectivity index (χ0v) is 15.9. The van der Waals surface area contributed by atoms with Crippen molar-refractivity contribution in [2.45, 2.75) is 44.9 Å². The van der Waals surface area contributed by atoms with E-state index in [9.17, 15) is 9.59 Å². The van der Waals surface area contributed by atoms with Gasteiger partial charge in [-0.15, -0.1) is 0 Å². The van der Waals surface area contributed by atoms with Gasteiger partial charge in [0, 0.05) is 37.0 Å². The Balaban J connectivity index is 1.65. The Hall–Kier alpha value is -2.66. The van der Waals surface area contributed by atoms with Gasteiger partial charge in [0.1, 0.15) is 0 Å². The average Bonchev–Trinajstić information content (AvgIpc) is 3.06. The summed E-state index contributed by atoms with van der Waals surface area (Å²) in [5.41, 5.74) is 4.32. The van der Waals surface area contributed by atoms with E-state index >= 15 is 0 Å². The molecule has 0 spiro atoms. The quantitative estimate of drug-likeness (QED) is 0.204. The number of carbonyl (C=O) groups is 2. The minimum Gasteiger partial charge on any atom is -0.350 e. The Labute approximate surface area is 160 Å². The first-order valence-electron chi connectivity index (χ1n) is 9.46. The fourth-order valence-corrected chi connectivity index (χ4v) is 3.03. The van der Waals surface area contributed by atoms with E-state index in [0.717, 1.165) is 31.4 Å². The smallest absolute Gasteiger partial charge is 0.267 e. The molecule has 0 aliphatic rings. The SMILES string of the molecule is Cn1cc(C(=O)CCCCCCCc2ccccc2)cc1/C=C/C(=O)NO. The summed E-state index contributed by atoms with van der Waals surface area (Å²) in [7, 11) is 1.82. The van der Waals surface area contributed by atoms with Crippen LogP contribution in [0.4, 0.5) is 0 Å². The molecule has 0 unspecified atom stereocenters. The average molecular weight is 368 g/mol. The van der Waals surface area contributed by atoms with E-state index in [-0.39, 0.29) is 5.78 Å². The Morgan fingerprint density at radius 1 is 1.07 bits per heavy atom. The number of nitrogens with one attached hydrogen (secondary N) is 1. The summed E-state index contributed by atoms with van der Waals surface area (Å²) >= 11 is 0. The van der Waals surface area contributed by atoms with Crippen molar-refractivity contribution in [1.29, 1.82) is 0 Å². The monoisotopic (exact) mass is 368 g/mol. The number of unbranched alkanes of at least 4 members (excludes halogenated alkanes) is 4. The minimum atomic E-state index is -0.601. The summed E-state index contributed by atoms with van der Waals surface area (Å²) in [6.07, 6.45) is 11.7. The van der Waals surface area contributed by atoms with Crippen molar-refractivity contribution in [2.75, 3.05) is 0 Å². The lowest BCUT2D eigenvalue weighted by molar-refractivity contribution is -0.124. The Bertz CT molecular complexity index is 763. The number of hydrogen-bond donors (Lipinski definition) is 2. The zero-order chi connectivity index (χ0) is 19.5. The van der Waals surface area contributed by atoms with Gasteiger partial charge in [0.25, 0.3) is 5.91 Å². The lowest BCUT2D eigenvalue weighted by Crippen LogP contribution is -2.14. The van der Waals surface area contributed by atoms with E-state index in [0.29, 0.717) is 12.0 Å². The van der Waals surface area contributed by atoms with Gasteiger partial charge in [0.15, 0.2) is 5.78 Å². The molecule has 0 saturated heterocycles. The first-order valence-corrected chi connectivity index (χ1v) is 9.46. The van der Waals surface area contributed by atoms with Crippen molar-refractivity contribution >= 4 is 17.8 Å². The van der Waals surface area contributed by atoms with Crippen LogP contribution in [0, 0.1) is 0 Å². The van der Waals surface area contributed by atoms with Crippen molar-refractivity contribution in [2.24, 2.45) is 7.05 Å². The van der Waals surface area contributed by atoms with Crippen LogP contribution in [0.25, 0.3) is 6.08 Å². The minimum absolute atomic E-state index is 0.126. The second kappa shape index (κ2) is 11.1. The van der Waals surface area contributed by atoms with Gasteiger partial charge in [0.05, 0.1) is 0 Å². The molecule has 2 aromatic rings. The summed E-state index contributed by atoms with van der Waals surface area (Å²) in [5.74, 6) is -0.475. The van der Waals surface area contributed by atoms with Gasteiger partial charge < -0.3 is 4.57 Å². The number of ketones is 1. The van der Waals surface area contributed by atoms with E-state index in [1.165, 1.54) is 24.5 Å². The number of Topliss-reactive ketones (excluding diaryl/α,β-unsaturated/α-hetero) is 1. The molecular formula is C22H28N2O3. The molecule has 0 aliphatic carbocycles. The maximum atomic E-state index is 12.3. The number of hydroxylamine groups is 1. The first kappa shape index (κ1) is 20.6. The maximum absolute atomic E-state index is 12.3. The van der Waals surface area contributed by atoms with Crippen LogP contribution in [0.15, 0.2) is 48.7 Å². The number of nitrogens with zero attached hydrogens (tertiary/aromatic N) is 1. The van der Waals surface area contributed by atoms with Crippen LogP contribution in [0.1, 0.15) is 60.1 Å². The molecule has 0 atom stereocenters. The van der Waals surface area contributed by atoms with Gasteiger partial charge in [-0.2, -0.15) is 0 Å². The third-order valence-electron chi connectivity index (χ3n) is 4.59. The Morgan fingerprint density at radius 2 is 1.78 bits per heavy atom. The third-order valence-corrected chi connectivity index (χ3v) is 4.59. The Kier molecular flexibility index (Phi) is 8.52. The predicted octanol–water partition coefficient (Wildman–Crippen LogP) is 4.31. The molecule has 2 N–H and O–H groups in total. The lowest BCUT2D eigenvalue weighted by Gasteiger charge is -2.02. The Morgan fingerprint density at radius 3 is 2.52 bits per heavy atom. The third kappa shape index (κ3) is 7.23. The van der Waals surface area contributed by atoms with Gasteiger partial charge in [-0.1, -0.05) is 49.6 Å². The summed E-state index contributed by atoms with van der Waals surface area (Å²) in [6, 6.07) is 12.3. The van der Waals surface area contributed by atoms with Gasteiger partial charge in [-0.05, 0) is 37.0 Å². The van der Waals surface area contributed by atoms with Crippen LogP contribution in [0.5, 0.6) is 0 Å². The highest BCUT2D eigenvalue weighted by atomic mass is 16.5. The zero-order valence-electron chi connectivity index (χ0n) is 15.9. The summed E-state index contributed by atoms with van der Waals surface area (Å²) in [5, 5.41) is 8.50. The fourth-order valence-electron chi connectivity index (χ4n) is 3.03. The molecule has 0 aliphatic heterocycles. The van der Waals surface area contributed by atoms with Crippen LogP contribution in [-0.2, 0) is 18.3 Å². The molecule has 0 bridgehead atoms. The van der Waals surface area contributed by atoms with Gasteiger partial charge in [-0.3, -0.25) is 14.8 Å². The van der Waals surface area contributed by atoms with Crippen LogP contribution < -0.4 is 5.48 Å². The van der Waals surface area contributed by atoms with Crippen molar-refractivity contribution in [3.05, 3.63) is 65.5 Å². The van der Waals surface area contributed by atoms with Crippen molar-refractivity contribution < 1.29 is 14.8 Å². The highest BCUT2D eigenvalue weighted by Gasteiger charge is 2.09. The predicted molar refractivity (Wildman–Crippen MR) is 107 cm³/mol. The van der Waals surface area contributed by atoms with Crippen LogP contribution in [0.2, 0.25) is 0 Å². The number of aromatic nitrogens is 1. The standard InChI is InChI=1S/C22H28N2O3/c1-24-17-19(16-20(24)14-15-22(26)23-27)21(25)13-9-4-2-3-6-10-18-11-7-5-8-12-18/h5,7-8,11-12,14-17,27H,2-4,6,9-10,13H2,1H3,(H,23,26)/b15-14+. The van der Waals surface area contributed by atoms with E-state index < -0.39 is 5.91 Å². The van der Waals surface area contributed by atoms with Crippen LogP contribution in [-0.4, -0.2) is 21.5 Å². The molecule has 0 fully saturated rings. The van der Waals surface area contributed by atoms with E-state index in [1.54, 1.807) is 28.4 Å². The van der Waals surface area contributed by atoms with Crippen LogP contribution >= 0.6 is 0 Å². The van der Waals surface area contributed by atoms with Crippen molar-refractivity contribution in [3.63, 3.8) is 0 Å². The highest BCUT2D eigenvalue weighted by Crippen LogP contribution is 2.15. The second-order valence-corrected chi connectivity index (χ2v) is 6.75. The molecule has 1 aromatic heterocycles. The molecule has 2 rings (SSSR count). The van der Waals surface area contributed by atoms with Gasteiger partial charge in [0.2, 0.25) is 0 Å². The molecule has 5 nitrogen and oxygen atoms in total. The molecule has 1 amide bonds. The van der Waals surface area contributed by atoms with Crippen LogP contribution in [0.3, 0.4) is 0 Å². The van der Waals surface area contributed by atoms with E-state index in [1.807, 2.05) is 13.1 Å². The number of amides is 1.